The number of aromatic nitrogens is 2. The number of nitrogens with one attached hydrogen (secondary N) is 2. The van der Waals surface area contributed by atoms with Crippen molar-refractivity contribution < 1.29 is 23.1 Å². The summed E-state index contributed by atoms with van der Waals surface area (Å²) in [6.07, 6.45) is 7.95. The fraction of sp³-hybridized carbons (Fsp3) is 0.472. The molecule has 1 amide bonds. The Morgan fingerprint density at radius 2 is 1.73 bits per heavy atom. The molecule has 2 atom stereocenters. The Morgan fingerprint density at radius 3 is 2.43 bits per heavy atom. The van der Waals surface area contributed by atoms with Gasteiger partial charge in [-0.3, -0.25) is 19.4 Å². The number of nitrogens with zero attached hydrogens (tertiary/aromatic N) is 6. The molecule has 0 unspecified atom stereocenters. The lowest BCUT2D eigenvalue weighted by atomic mass is 9.99. The minimum Gasteiger partial charge on any atom is -0.494 e. The zero-order valence-electron chi connectivity index (χ0n) is 28.1. The molecule has 0 spiro atoms. The molecule has 7 rings (SSSR count). The number of rotatable bonds is 10. The SMILES string of the molecule is C=CC(=O)Nc1cc(Nc2cc(N3OCC[C@@H]3c3cc(F)cc(F)c3)ncn2)c(OC)cc1N1CCC(N2CCN(C3CC3)C[C@@H]2C)CC1. The van der Waals surface area contributed by atoms with E-state index < -0.39 is 17.7 Å². The predicted octanol–water partition coefficient (Wildman–Crippen LogP) is 5.65. The average molecular weight is 675 g/mol. The third kappa shape index (κ3) is 7.34. The molecule has 49 heavy (non-hydrogen) atoms. The molecular weight excluding hydrogens is 630 g/mol. The molecule has 13 heteroatoms. The monoisotopic (exact) mass is 674 g/mol. The van der Waals surface area contributed by atoms with Gasteiger partial charge in [-0.1, -0.05) is 6.58 Å². The van der Waals surface area contributed by atoms with Gasteiger partial charge in [-0.15, -0.1) is 0 Å². The molecule has 1 aromatic heterocycles. The lowest BCUT2D eigenvalue weighted by Gasteiger charge is -2.47. The number of amides is 1. The first-order valence-electron chi connectivity index (χ1n) is 17.2. The van der Waals surface area contributed by atoms with E-state index in [-0.39, 0.29) is 5.91 Å². The fourth-order valence-corrected chi connectivity index (χ4v) is 7.57. The molecule has 3 aliphatic heterocycles. The minimum atomic E-state index is -0.650. The van der Waals surface area contributed by atoms with Crippen molar-refractivity contribution in [3.63, 3.8) is 0 Å². The van der Waals surface area contributed by atoms with Crippen LogP contribution in [0.2, 0.25) is 0 Å². The Kier molecular flexibility index (Phi) is 9.66. The standard InChI is InChI=1S/C36H44F2N8O3/c1-4-36(47)42-29-18-30(41-34-20-35(40-22-39-34)46-31(9-14-49-46)24-15-25(37)17-26(38)16-24)33(48-3)19-32(29)43-10-7-28(8-11-43)45-13-12-44(21-23(45)2)27-5-6-27/h4,15-20,22-23,27-28,31H,1,5-14,21H2,2-3H3,(H,42,47)(H,39,40,41)/t23-,31+/m0/s1. The Hall–Kier alpha value is -4.33. The van der Waals surface area contributed by atoms with Crippen LogP contribution in [-0.4, -0.2) is 90.2 Å². The second kappa shape index (κ2) is 14.3. The molecule has 3 aromatic rings. The summed E-state index contributed by atoms with van der Waals surface area (Å²) < 4.78 is 33.9. The number of hydroxylamine groups is 1. The normalized spacial score (nSPS) is 22.3. The van der Waals surface area contributed by atoms with E-state index in [1.165, 1.54) is 37.4 Å². The van der Waals surface area contributed by atoms with E-state index >= 15 is 0 Å². The third-order valence-corrected chi connectivity index (χ3v) is 10.1. The summed E-state index contributed by atoms with van der Waals surface area (Å²) in [6, 6.07) is 10.4. The van der Waals surface area contributed by atoms with E-state index in [4.69, 9.17) is 9.57 Å². The largest absolute Gasteiger partial charge is 0.494 e. The highest BCUT2D eigenvalue weighted by Gasteiger charge is 2.37. The average Bonchev–Trinajstić information content (AvgIpc) is 3.84. The van der Waals surface area contributed by atoms with Gasteiger partial charge in [0.25, 0.3) is 0 Å². The van der Waals surface area contributed by atoms with Gasteiger partial charge in [0, 0.05) is 75.5 Å². The zero-order chi connectivity index (χ0) is 34.1. The van der Waals surface area contributed by atoms with E-state index in [1.54, 1.807) is 18.2 Å². The number of ether oxygens (including phenoxy) is 1. The summed E-state index contributed by atoms with van der Waals surface area (Å²) >= 11 is 0. The molecule has 0 bridgehead atoms. The summed E-state index contributed by atoms with van der Waals surface area (Å²) in [5.41, 5.74) is 2.54. The van der Waals surface area contributed by atoms with Crippen LogP contribution in [0.25, 0.3) is 0 Å². The second-order valence-electron chi connectivity index (χ2n) is 13.3. The second-order valence-corrected chi connectivity index (χ2v) is 13.3. The first-order chi connectivity index (χ1) is 23.8. The van der Waals surface area contributed by atoms with Crippen LogP contribution in [-0.2, 0) is 9.63 Å². The lowest BCUT2D eigenvalue weighted by molar-refractivity contribution is -0.111. The maximum Gasteiger partial charge on any atom is 0.247 e. The van der Waals surface area contributed by atoms with Gasteiger partial charge in [0.1, 0.15) is 29.5 Å². The number of carbonyl (C=O) groups is 1. The Bertz CT molecular complexity index is 1660. The molecule has 260 valence electrons. The minimum absolute atomic E-state index is 0.315. The highest BCUT2D eigenvalue weighted by atomic mass is 19.1. The van der Waals surface area contributed by atoms with Crippen LogP contribution in [0.5, 0.6) is 5.75 Å². The molecular formula is C36H44F2N8O3. The Balaban J connectivity index is 1.09. The van der Waals surface area contributed by atoms with E-state index in [2.05, 4.69) is 48.8 Å². The molecule has 0 radical (unpaired) electrons. The van der Waals surface area contributed by atoms with Crippen LogP contribution < -0.4 is 25.3 Å². The van der Waals surface area contributed by atoms with Gasteiger partial charge >= 0.3 is 0 Å². The van der Waals surface area contributed by atoms with Crippen molar-refractivity contribution in [1.29, 1.82) is 0 Å². The molecule has 2 aromatic carbocycles. The van der Waals surface area contributed by atoms with Gasteiger partial charge in [0.2, 0.25) is 5.91 Å². The number of benzene rings is 2. The summed E-state index contributed by atoms with van der Waals surface area (Å²) in [4.78, 5) is 34.9. The number of anilines is 5. The quantitative estimate of drug-likeness (QED) is 0.263. The van der Waals surface area contributed by atoms with Crippen molar-refractivity contribution in [2.45, 2.75) is 63.2 Å². The molecule has 4 aliphatic rings. The van der Waals surface area contributed by atoms with E-state index in [0.29, 0.717) is 59.4 Å². The van der Waals surface area contributed by atoms with Gasteiger partial charge in [0.05, 0.1) is 36.8 Å². The van der Waals surface area contributed by atoms with Crippen molar-refractivity contribution in [1.82, 2.24) is 19.8 Å². The van der Waals surface area contributed by atoms with Crippen molar-refractivity contribution in [3.8, 4) is 5.75 Å². The summed E-state index contributed by atoms with van der Waals surface area (Å²) in [5, 5.41) is 7.85. The predicted molar refractivity (Wildman–Crippen MR) is 185 cm³/mol. The van der Waals surface area contributed by atoms with Crippen LogP contribution in [0.1, 0.15) is 50.6 Å². The van der Waals surface area contributed by atoms with E-state index in [1.807, 2.05) is 12.1 Å². The zero-order valence-corrected chi connectivity index (χ0v) is 28.1. The number of halogens is 2. The molecule has 3 saturated heterocycles. The van der Waals surface area contributed by atoms with Gasteiger partial charge in [-0.25, -0.2) is 23.8 Å². The summed E-state index contributed by atoms with van der Waals surface area (Å²) in [7, 11) is 1.60. The van der Waals surface area contributed by atoms with E-state index in [9.17, 15) is 13.6 Å². The maximum atomic E-state index is 14.0. The third-order valence-electron chi connectivity index (χ3n) is 10.1. The molecule has 1 aliphatic carbocycles. The molecule has 4 heterocycles. The summed E-state index contributed by atoms with van der Waals surface area (Å²) in [5.74, 6) is -0.180. The number of piperidine rings is 1. The van der Waals surface area contributed by atoms with Crippen LogP contribution >= 0.6 is 0 Å². The highest BCUT2D eigenvalue weighted by Crippen LogP contribution is 2.41. The summed E-state index contributed by atoms with van der Waals surface area (Å²) in [6.45, 7) is 11.5. The fourth-order valence-electron chi connectivity index (χ4n) is 7.57. The molecule has 1 saturated carbocycles. The van der Waals surface area contributed by atoms with Crippen molar-refractivity contribution >= 4 is 34.6 Å². The number of methoxy groups -OCH3 is 1. The lowest BCUT2D eigenvalue weighted by Crippen LogP contribution is -2.57. The number of piperazine rings is 1. The maximum absolute atomic E-state index is 14.0. The van der Waals surface area contributed by atoms with Crippen molar-refractivity contribution in [3.05, 3.63) is 72.6 Å². The van der Waals surface area contributed by atoms with Gasteiger partial charge < -0.3 is 20.3 Å². The number of hydrogen-bond acceptors (Lipinski definition) is 10. The van der Waals surface area contributed by atoms with Crippen LogP contribution in [0.15, 0.2) is 55.4 Å². The Morgan fingerprint density at radius 1 is 0.959 bits per heavy atom. The molecule has 4 fully saturated rings. The van der Waals surface area contributed by atoms with Crippen molar-refractivity contribution in [2.24, 2.45) is 0 Å². The molecule has 11 nitrogen and oxygen atoms in total. The van der Waals surface area contributed by atoms with E-state index in [0.717, 1.165) is 63.4 Å². The van der Waals surface area contributed by atoms with Crippen LogP contribution in [0.4, 0.5) is 37.5 Å². The van der Waals surface area contributed by atoms with Gasteiger partial charge in [-0.05, 0) is 62.4 Å². The number of hydrogen-bond donors (Lipinski definition) is 2. The Labute approximate surface area is 285 Å². The van der Waals surface area contributed by atoms with Crippen LogP contribution in [0, 0.1) is 11.6 Å². The number of carbonyl (C=O) groups excluding carboxylic acids is 1. The van der Waals surface area contributed by atoms with Crippen LogP contribution in [0.3, 0.4) is 0 Å². The highest BCUT2D eigenvalue weighted by molar-refractivity contribution is 6.02. The molecule has 2 N–H and O–H groups in total. The van der Waals surface area contributed by atoms with Crippen molar-refractivity contribution in [2.75, 3.05) is 67.0 Å². The van der Waals surface area contributed by atoms with Gasteiger partial charge in [0.15, 0.2) is 5.82 Å². The topological polar surface area (TPSA) is 98.3 Å². The first-order valence-corrected chi connectivity index (χ1v) is 17.2. The van der Waals surface area contributed by atoms with Gasteiger partial charge in [-0.2, -0.15) is 0 Å². The smallest absolute Gasteiger partial charge is 0.247 e. The first kappa shape index (κ1) is 33.2.